The summed E-state index contributed by atoms with van der Waals surface area (Å²) in [5.41, 5.74) is 0. The van der Waals surface area contributed by atoms with E-state index in [2.05, 4.69) is 6.58 Å². The van der Waals surface area contributed by atoms with Gasteiger partial charge in [0.15, 0.2) is 0 Å². The molecule has 0 aromatic carbocycles. The van der Waals surface area contributed by atoms with Crippen LogP contribution < -0.4 is 0 Å². The molecule has 0 saturated carbocycles. The van der Waals surface area contributed by atoms with Gasteiger partial charge in [0.05, 0.1) is 6.07 Å². The number of alkyl halides is 3. The van der Waals surface area contributed by atoms with Crippen LogP contribution in [-0.4, -0.2) is 9.03 Å². The minimum absolute atomic E-state index is 0.988. The molecule has 0 saturated heterocycles. The van der Waals surface area contributed by atoms with E-state index >= 15 is 0 Å². The highest BCUT2D eigenvalue weighted by molar-refractivity contribution is 6.88. The second-order valence-electron chi connectivity index (χ2n) is 1.10. The van der Waals surface area contributed by atoms with Crippen LogP contribution in [0, 0.1) is 11.3 Å². The topological polar surface area (TPSA) is 40.9 Å². The first-order chi connectivity index (χ1) is 4.86. The zero-order valence-electron chi connectivity index (χ0n) is 5.15. The average molecular weight is 235 g/mol. The summed E-state index contributed by atoms with van der Waals surface area (Å²) in [6.45, 7) is 3.12. The highest BCUT2D eigenvalue weighted by Gasteiger charge is 2.27. The van der Waals surface area contributed by atoms with Crippen LogP contribution in [0.15, 0.2) is 12.7 Å². The van der Waals surface area contributed by atoms with Gasteiger partial charge >= 0.3 is 0 Å². The lowest BCUT2D eigenvalue weighted by atomic mass is 10.8. The van der Waals surface area contributed by atoms with E-state index in [0.29, 0.717) is 0 Å². The third-order valence-electron chi connectivity index (χ3n) is 0.314. The van der Waals surface area contributed by atoms with Crippen molar-refractivity contribution in [2.24, 2.45) is 0 Å². The fourth-order valence-electron chi connectivity index (χ4n) is 0. The summed E-state index contributed by atoms with van der Waals surface area (Å²) in [7, 11) is 0. The van der Waals surface area contributed by atoms with Gasteiger partial charge < -0.3 is 0 Å². The van der Waals surface area contributed by atoms with Crippen LogP contribution in [-0.2, 0) is 4.79 Å². The number of halogens is 4. The number of allylic oxidation sites excluding steroid dienone is 1. The lowest BCUT2D eigenvalue weighted by Crippen LogP contribution is -2.10. The van der Waals surface area contributed by atoms with Crippen LogP contribution >= 0.6 is 46.4 Å². The first-order valence-electron chi connectivity index (χ1n) is 2.13. The van der Waals surface area contributed by atoms with Crippen LogP contribution in [0.1, 0.15) is 0 Å². The van der Waals surface area contributed by atoms with Crippen LogP contribution in [0.2, 0.25) is 0 Å². The molecule has 0 atom stereocenters. The quantitative estimate of drug-likeness (QED) is 0.368. The second-order valence-corrected chi connectivity index (χ2v) is 3.73. The Morgan fingerprint density at radius 1 is 1.55 bits per heavy atom. The predicted molar refractivity (Wildman–Crippen MR) is 47.0 cm³/mol. The first-order valence-corrected chi connectivity index (χ1v) is 3.64. The van der Waals surface area contributed by atoms with Crippen LogP contribution in [0.4, 0.5) is 0 Å². The molecule has 2 nitrogen and oxygen atoms in total. The Kier molecular flexibility index (Phi) is 8.37. The maximum Gasteiger partial charge on any atom is 0.273 e. The molecular formula is C5H3Cl4NO. The van der Waals surface area contributed by atoms with Gasteiger partial charge in [-0.05, 0) is 11.6 Å². The number of carbonyl (C=O) groups is 1. The van der Waals surface area contributed by atoms with Gasteiger partial charge in [-0.1, -0.05) is 41.4 Å². The molecule has 0 rings (SSSR count). The maximum atomic E-state index is 9.83. The van der Waals surface area contributed by atoms with Gasteiger partial charge in [0.25, 0.3) is 9.03 Å². The van der Waals surface area contributed by atoms with Crippen molar-refractivity contribution in [2.45, 2.75) is 3.79 Å². The standard InChI is InChI=1S/C3H3N.C2Cl4O/c1-2-3-4;3-1(7)2(4,5)6/h2H,1H2;. The Bertz CT molecular complexity index is 178. The third-order valence-corrected chi connectivity index (χ3v) is 1.40. The van der Waals surface area contributed by atoms with E-state index in [1.54, 1.807) is 6.07 Å². The third kappa shape index (κ3) is 13.1. The van der Waals surface area contributed by atoms with Crippen LogP contribution in [0.5, 0.6) is 0 Å². The summed E-state index contributed by atoms with van der Waals surface area (Å²) < 4.78 is -1.96. The fraction of sp³-hybridized carbons (Fsp3) is 0.200. The molecule has 0 radical (unpaired) electrons. The zero-order chi connectivity index (χ0) is 9.49. The van der Waals surface area contributed by atoms with Crippen molar-refractivity contribution < 1.29 is 4.79 Å². The Morgan fingerprint density at radius 2 is 1.73 bits per heavy atom. The number of nitrogens with zero attached hydrogens (tertiary/aromatic N) is 1. The Hall–Kier alpha value is 0.0600. The van der Waals surface area contributed by atoms with Crippen molar-refractivity contribution in [3.63, 3.8) is 0 Å². The molecule has 0 fully saturated rings. The Morgan fingerprint density at radius 3 is 1.73 bits per heavy atom. The molecule has 6 heteroatoms. The predicted octanol–water partition coefficient (Wildman–Crippen LogP) is 2.82. The number of hydrogen-bond acceptors (Lipinski definition) is 2. The van der Waals surface area contributed by atoms with Crippen molar-refractivity contribution in [1.29, 1.82) is 5.26 Å². The normalized spacial score (nSPS) is 8.64. The molecule has 0 bridgehead atoms. The van der Waals surface area contributed by atoms with Gasteiger partial charge in [-0.25, -0.2) is 0 Å². The monoisotopic (exact) mass is 233 g/mol. The van der Waals surface area contributed by atoms with Gasteiger partial charge in [0.1, 0.15) is 0 Å². The van der Waals surface area contributed by atoms with Gasteiger partial charge in [0, 0.05) is 6.08 Å². The average Bonchev–Trinajstić information content (AvgIpc) is 1.87. The molecule has 0 spiro atoms. The zero-order valence-corrected chi connectivity index (χ0v) is 8.18. The van der Waals surface area contributed by atoms with E-state index in [0.717, 1.165) is 0 Å². The highest BCUT2D eigenvalue weighted by Crippen LogP contribution is 2.28. The van der Waals surface area contributed by atoms with Crippen molar-refractivity contribution in [2.75, 3.05) is 0 Å². The smallest absolute Gasteiger partial charge is 0.273 e. The molecule has 0 aliphatic carbocycles. The highest BCUT2D eigenvalue weighted by atomic mass is 35.6. The van der Waals surface area contributed by atoms with Crippen molar-refractivity contribution >= 4 is 51.6 Å². The van der Waals surface area contributed by atoms with Crippen molar-refractivity contribution in [1.82, 2.24) is 0 Å². The molecule has 0 N–H and O–H groups in total. The van der Waals surface area contributed by atoms with Gasteiger partial charge in [-0.3, -0.25) is 4.79 Å². The fourth-order valence-corrected chi connectivity index (χ4v) is 0. The molecular weight excluding hydrogens is 232 g/mol. The molecule has 0 aliphatic heterocycles. The minimum atomic E-state index is -1.96. The maximum absolute atomic E-state index is 9.83. The molecule has 0 unspecified atom stereocenters. The summed E-state index contributed by atoms with van der Waals surface area (Å²) in [6.07, 6.45) is 1.18. The summed E-state index contributed by atoms with van der Waals surface area (Å²) in [4.78, 5) is 9.83. The second kappa shape index (κ2) is 6.75. The van der Waals surface area contributed by atoms with E-state index in [4.69, 9.17) is 51.7 Å². The van der Waals surface area contributed by atoms with Gasteiger partial charge in [-0.2, -0.15) is 5.26 Å². The molecule has 11 heavy (non-hydrogen) atoms. The molecule has 0 amide bonds. The summed E-state index contributed by atoms with van der Waals surface area (Å²) in [6, 6.07) is 1.69. The largest absolute Gasteiger partial charge is 0.276 e. The summed E-state index contributed by atoms with van der Waals surface area (Å²) in [5.74, 6) is 0. The van der Waals surface area contributed by atoms with Crippen LogP contribution in [0.25, 0.3) is 0 Å². The van der Waals surface area contributed by atoms with E-state index in [1.807, 2.05) is 0 Å². The minimum Gasteiger partial charge on any atom is -0.276 e. The molecule has 0 aliphatic rings. The van der Waals surface area contributed by atoms with E-state index in [9.17, 15) is 4.79 Å². The Balaban J connectivity index is 0. The van der Waals surface area contributed by atoms with E-state index < -0.39 is 9.03 Å². The molecule has 62 valence electrons. The number of carbonyl (C=O) groups excluding carboxylic acids is 1. The van der Waals surface area contributed by atoms with Gasteiger partial charge in [0.2, 0.25) is 0 Å². The SMILES string of the molecule is C=CC#N.O=C(Cl)C(Cl)(Cl)Cl. The van der Waals surface area contributed by atoms with E-state index in [-0.39, 0.29) is 0 Å². The first kappa shape index (κ1) is 13.6. The summed E-state index contributed by atoms with van der Waals surface area (Å²) in [5, 5.41) is 6.52. The number of rotatable bonds is 0. The lowest BCUT2D eigenvalue weighted by molar-refractivity contribution is -0.110. The van der Waals surface area contributed by atoms with Gasteiger partial charge in [-0.15, -0.1) is 0 Å². The van der Waals surface area contributed by atoms with Crippen molar-refractivity contribution in [3.05, 3.63) is 12.7 Å². The number of nitriles is 1. The Labute approximate surface area is 84.3 Å². The van der Waals surface area contributed by atoms with Crippen LogP contribution in [0.3, 0.4) is 0 Å². The lowest BCUT2D eigenvalue weighted by Gasteiger charge is -1.99. The number of hydrogen-bond donors (Lipinski definition) is 0. The molecule has 0 heterocycles. The van der Waals surface area contributed by atoms with Crippen molar-refractivity contribution in [3.8, 4) is 6.07 Å². The molecule has 0 aromatic rings. The molecule has 0 aromatic heterocycles. The summed E-state index contributed by atoms with van der Waals surface area (Å²) >= 11 is 19.5. The van der Waals surface area contributed by atoms with E-state index in [1.165, 1.54) is 6.08 Å².